The zero-order chi connectivity index (χ0) is 12.1. The second-order valence-electron chi connectivity index (χ2n) is 4.69. The highest BCUT2D eigenvalue weighted by atomic mass is 19.1. The van der Waals surface area contributed by atoms with Crippen LogP contribution in [0.25, 0.3) is 0 Å². The predicted molar refractivity (Wildman–Crippen MR) is 66.9 cm³/mol. The van der Waals surface area contributed by atoms with Crippen molar-refractivity contribution in [2.75, 3.05) is 13.2 Å². The number of ether oxygens (including phenoxy) is 1. The van der Waals surface area contributed by atoms with Gasteiger partial charge < -0.3 is 10.1 Å². The molecule has 1 atom stereocenters. The van der Waals surface area contributed by atoms with Gasteiger partial charge in [-0.05, 0) is 50.8 Å². The third-order valence-corrected chi connectivity index (χ3v) is 3.27. The van der Waals surface area contributed by atoms with Crippen LogP contribution in [0.1, 0.15) is 31.2 Å². The number of nitrogens with one attached hydrogen (secondary N) is 1. The fraction of sp³-hybridized carbons (Fsp3) is 0.571. The largest absolute Gasteiger partial charge is 0.493 e. The summed E-state index contributed by atoms with van der Waals surface area (Å²) in [5.41, 5.74) is 0.660. The molecule has 17 heavy (non-hydrogen) atoms. The van der Waals surface area contributed by atoms with E-state index in [9.17, 15) is 4.39 Å². The lowest BCUT2D eigenvalue weighted by molar-refractivity contribution is 0.297. The van der Waals surface area contributed by atoms with Crippen molar-refractivity contribution in [1.29, 1.82) is 0 Å². The summed E-state index contributed by atoms with van der Waals surface area (Å²) in [6.45, 7) is 3.57. The summed E-state index contributed by atoms with van der Waals surface area (Å²) < 4.78 is 18.8. The van der Waals surface area contributed by atoms with Crippen LogP contribution in [0.3, 0.4) is 0 Å². The van der Waals surface area contributed by atoms with E-state index in [0.717, 1.165) is 19.4 Å². The van der Waals surface area contributed by atoms with Gasteiger partial charge in [-0.3, -0.25) is 0 Å². The van der Waals surface area contributed by atoms with Gasteiger partial charge in [-0.25, -0.2) is 4.39 Å². The van der Waals surface area contributed by atoms with Crippen LogP contribution >= 0.6 is 0 Å². The van der Waals surface area contributed by atoms with E-state index in [2.05, 4.69) is 5.32 Å². The first kappa shape index (κ1) is 12.4. The van der Waals surface area contributed by atoms with E-state index in [-0.39, 0.29) is 5.82 Å². The molecule has 1 unspecified atom stereocenters. The normalized spacial score (nSPS) is 19.5. The molecule has 2 nitrogen and oxygen atoms in total. The van der Waals surface area contributed by atoms with Crippen molar-refractivity contribution in [3.05, 3.63) is 29.6 Å². The fourth-order valence-electron chi connectivity index (χ4n) is 2.19. The molecule has 0 aliphatic carbocycles. The molecule has 94 valence electrons. The molecule has 1 N–H and O–H groups in total. The first-order valence-electron chi connectivity index (χ1n) is 6.38. The summed E-state index contributed by atoms with van der Waals surface area (Å²) in [6.07, 6.45) is 4.73. The van der Waals surface area contributed by atoms with Gasteiger partial charge in [-0.2, -0.15) is 0 Å². The van der Waals surface area contributed by atoms with Gasteiger partial charge in [0, 0.05) is 12.1 Å². The Hall–Kier alpha value is -1.09. The Labute approximate surface area is 102 Å². The standard InChI is InChI=1S/C14H20FNO/c1-11-6-7-13(10-14(11)15)17-9-3-5-12-4-2-8-16-12/h6-7,10,12,16H,2-5,8-9H2,1H3. The molecule has 0 amide bonds. The van der Waals surface area contributed by atoms with E-state index in [1.807, 2.05) is 6.07 Å². The second-order valence-corrected chi connectivity index (χ2v) is 4.69. The van der Waals surface area contributed by atoms with E-state index in [4.69, 9.17) is 4.74 Å². The Morgan fingerprint density at radius 1 is 1.47 bits per heavy atom. The summed E-state index contributed by atoms with van der Waals surface area (Å²) in [4.78, 5) is 0. The van der Waals surface area contributed by atoms with Gasteiger partial charge in [-0.15, -0.1) is 0 Å². The summed E-state index contributed by atoms with van der Waals surface area (Å²) in [7, 11) is 0. The second kappa shape index (κ2) is 6.01. The minimum atomic E-state index is -0.194. The lowest BCUT2D eigenvalue weighted by Crippen LogP contribution is -2.21. The quantitative estimate of drug-likeness (QED) is 0.795. The molecule has 0 spiro atoms. The lowest BCUT2D eigenvalue weighted by Gasteiger charge is -2.11. The van der Waals surface area contributed by atoms with E-state index in [1.54, 1.807) is 13.0 Å². The maximum absolute atomic E-state index is 13.2. The lowest BCUT2D eigenvalue weighted by atomic mass is 10.1. The summed E-state index contributed by atoms with van der Waals surface area (Å²) in [5.74, 6) is 0.437. The van der Waals surface area contributed by atoms with Crippen LogP contribution in [0, 0.1) is 12.7 Å². The molecular weight excluding hydrogens is 217 g/mol. The minimum Gasteiger partial charge on any atom is -0.493 e. The third-order valence-electron chi connectivity index (χ3n) is 3.27. The molecule has 2 rings (SSSR count). The molecule has 1 aliphatic heterocycles. The Morgan fingerprint density at radius 2 is 2.35 bits per heavy atom. The predicted octanol–water partition coefficient (Wildman–Crippen LogP) is 3.05. The molecule has 1 saturated heterocycles. The molecule has 1 aliphatic rings. The topological polar surface area (TPSA) is 21.3 Å². The summed E-state index contributed by atoms with van der Waals surface area (Å²) in [6, 6.07) is 5.70. The smallest absolute Gasteiger partial charge is 0.129 e. The average molecular weight is 237 g/mol. The molecule has 1 fully saturated rings. The van der Waals surface area contributed by atoms with Crippen LogP contribution in [0.5, 0.6) is 5.75 Å². The monoisotopic (exact) mass is 237 g/mol. The Balaban J connectivity index is 1.68. The van der Waals surface area contributed by atoms with Crippen molar-refractivity contribution >= 4 is 0 Å². The number of aryl methyl sites for hydroxylation is 1. The van der Waals surface area contributed by atoms with E-state index >= 15 is 0 Å². The van der Waals surface area contributed by atoms with Gasteiger partial charge in [0.25, 0.3) is 0 Å². The number of benzene rings is 1. The highest BCUT2D eigenvalue weighted by molar-refractivity contribution is 5.27. The highest BCUT2D eigenvalue weighted by Gasteiger charge is 2.12. The SMILES string of the molecule is Cc1ccc(OCCCC2CCCN2)cc1F. The van der Waals surface area contributed by atoms with E-state index in [0.29, 0.717) is 24.0 Å². The molecule has 0 saturated carbocycles. The van der Waals surface area contributed by atoms with Gasteiger partial charge in [0.15, 0.2) is 0 Å². The van der Waals surface area contributed by atoms with Crippen LogP contribution in [0.4, 0.5) is 4.39 Å². The Morgan fingerprint density at radius 3 is 3.06 bits per heavy atom. The molecule has 1 aromatic carbocycles. The zero-order valence-electron chi connectivity index (χ0n) is 10.3. The zero-order valence-corrected chi connectivity index (χ0v) is 10.3. The van der Waals surface area contributed by atoms with Crippen LogP contribution in [0.15, 0.2) is 18.2 Å². The Bertz CT molecular complexity index is 361. The first-order valence-corrected chi connectivity index (χ1v) is 6.38. The molecule has 0 bridgehead atoms. The first-order chi connectivity index (χ1) is 8.25. The van der Waals surface area contributed by atoms with Crippen LogP contribution < -0.4 is 10.1 Å². The molecule has 0 radical (unpaired) electrons. The minimum absolute atomic E-state index is 0.194. The van der Waals surface area contributed by atoms with Gasteiger partial charge in [-0.1, -0.05) is 6.07 Å². The van der Waals surface area contributed by atoms with Crippen molar-refractivity contribution in [1.82, 2.24) is 5.32 Å². The number of halogens is 1. The van der Waals surface area contributed by atoms with Crippen molar-refractivity contribution in [2.45, 2.75) is 38.6 Å². The number of rotatable bonds is 5. The maximum atomic E-state index is 13.2. The third kappa shape index (κ3) is 3.70. The van der Waals surface area contributed by atoms with E-state index < -0.39 is 0 Å². The molecule has 1 heterocycles. The fourth-order valence-corrected chi connectivity index (χ4v) is 2.19. The maximum Gasteiger partial charge on any atom is 0.129 e. The van der Waals surface area contributed by atoms with Gasteiger partial charge in [0.05, 0.1) is 6.61 Å². The van der Waals surface area contributed by atoms with Crippen LogP contribution in [-0.2, 0) is 0 Å². The van der Waals surface area contributed by atoms with Crippen molar-refractivity contribution in [2.24, 2.45) is 0 Å². The number of hydrogen-bond donors (Lipinski definition) is 1. The molecule has 0 aromatic heterocycles. The van der Waals surface area contributed by atoms with E-state index in [1.165, 1.54) is 18.9 Å². The number of hydrogen-bond acceptors (Lipinski definition) is 2. The van der Waals surface area contributed by atoms with Crippen molar-refractivity contribution in [3.63, 3.8) is 0 Å². The Kier molecular flexibility index (Phi) is 4.37. The van der Waals surface area contributed by atoms with Crippen LogP contribution in [-0.4, -0.2) is 19.2 Å². The highest BCUT2D eigenvalue weighted by Crippen LogP contribution is 2.17. The summed E-state index contributed by atoms with van der Waals surface area (Å²) in [5, 5.41) is 3.46. The van der Waals surface area contributed by atoms with Gasteiger partial charge >= 0.3 is 0 Å². The van der Waals surface area contributed by atoms with Crippen molar-refractivity contribution in [3.8, 4) is 5.75 Å². The van der Waals surface area contributed by atoms with Gasteiger partial charge in [0.1, 0.15) is 11.6 Å². The molecular formula is C14H20FNO. The average Bonchev–Trinajstić information content (AvgIpc) is 2.82. The van der Waals surface area contributed by atoms with Crippen LogP contribution in [0.2, 0.25) is 0 Å². The van der Waals surface area contributed by atoms with Gasteiger partial charge in [0.2, 0.25) is 0 Å². The molecule has 3 heteroatoms. The summed E-state index contributed by atoms with van der Waals surface area (Å²) >= 11 is 0. The molecule has 1 aromatic rings. The van der Waals surface area contributed by atoms with Crippen molar-refractivity contribution < 1.29 is 9.13 Å².